The van der Waals surface area contributed by atoms with Crippen LogP contribution in [-0.2, 0) is 0 Å². The summed E-state index contributed by atoms with van der Waals surface area (Å²) in [5.74, 6) is 1.97. The average Bonchev–Trinajstić information content (AvgIpc) is 2.23. The third-order valence-corrected chi connectivity index (χ3v) is 4.07. The van der Waals surface area contributed by atoms with Crippen LogP contribution in [0.25, 0.3) is 0 Å². The first-order valence-electron chi connectivity index (χ1n) is 5.41. The smallest absolute Gasteiger partial charge is 0.281 e. The highest BCUT2D eigenvalue weighted by molar-refractivity contribution is 8.13. The predicted molar refractivity (Wildman–Crippen MR) is 69.9 cm³/mol. The lowest BCUT2D eigenvalue weighted by Gasteiger charge is -2.29. The third kappa shape index (κ3) is 4.66. The summed E-state index contributed by atoms with van der Waals surface area (Å²) in [7, 11) is 0. The maximum atomic E-state index is 11.7. The van der Waals surface area contributed by atoms with E-state index in [1.165, 1.54) is 11.8 Å². The van der Waals surface area contributed by atoms with Gasteiger partial charge in [-0.3, -0.25) is 4.79 Å². The molecule has 0 saturated carbocycles. The molecule has 1 aliphatic heterocycles. The van der Waals surface area contributed by atoms with Crippen molar-refractivity contribution >= 4 is 28.8 Å². The highest BCUT2D eigenvalue weighted by Crippen LogP contribution is 2.13. The van der Waals surface area contributed by atoms with Gasteiger partial charge < -0.3 is 9.80 Å². The van der Waals surface area contributed by atoms with E-state index >= 15 is 0 Å². The van der Waals surface area contributed by atoms with Crippen LogP contribution in [-0.4, -0.2) is 65.5 Å². The van der Waals surface area contributed by atoms with E-state index in [2.05, 4.69) is 18.1 Å². The SMILES string of the molecule is CCN1CCSC(=O)N(CCSC)CC1. The lowest BCUT2D eigenvalue weighted by molar-refractivity contribution is 0.208. The zero-order chi connectivity index (χ0) is 11.1. The Labute approximate surface area is 101 Å². The van der Waals surface area contributed by atoms with Gasteiger partial charge in [-0.1, -0.05) is 18.7 Å². The van der Waals surface area contributed by atoms with Crippen LogP contribution in [0.1, 0.15) is 6.92 Å². The molecular weight excluding hydrogens is 228 g/mol. The Morgan fingerprint density at radius 2 is 2.20 bits per heavy atom. The number of amides is 1. The van der Waals surface area contributed by atoms with Crippen molar-refractivity contribution in [1.82, 2.24) is 9.80 Å². The number of nitrogens with zero attached hydrogens (tertiary/aromatic N) is 2. The standard InChI is InChI=1S/C10H20N2OS2/c1-3-11-4-5-12(7-8-14-2)10(13)15-9-6-11/h3-9H2,1-2H3. The Morgan fingerprint density at radius 3 is 2.87 bits per heavy atom. The van der Waals surface area contributed by atoms with Gasteiger partial charge in [0, 0.05) is 37.7 Å². The zero-order valence-corrected chi connectivity index (χ0v) is 11.2. The highest BCUT2D eigenvalue weighted by Gasteiger charge is 2.17. The molecule has 0 spiro atoms. The van der Waals surface area contributed by atoms with E-state index < -0.39 is 0 Å². The molecule has 1 saturated heterocycles. The molecule has 1 fully saturated rings. The van der Waals surface area contributed by atoms with Gasteiger partial charge in [0.05, 0.1) is 0 Å². The Bertz CT molecular complexity index is 202. The van der Waals surface area contributed by atoms with Crippen LogP contribution in [0.2, 0.25) is 0 Å². The Balaban J connectivity index is 2.41. The highest BCUT2D eigenvalue weighted by atomic mass is 32.2. The minimum absolute atomic E-state index is 0.264. The number of likely N-dealkylation sites (N-methyl/N-ethyl adjacent to an activating group) is 1. The van der Waals surface area contributed by atoms with E-state index in [1.54, 1.807) is 11.8 Å². The molecule has 0 aromatic rings. The van der Waals surface area contributed by atoms with Gasteiger partial charge in [-0.2, -0.15) is 11.8 Å². The summed E-state index contributed by atoms with van der Waals surface area (Å²) in [6.07, 6.45) is 2.08. The second-order valence-corrected chi connectivity index (χ2v) is 5.56. The van der Waals surface area contributed by atoms with E-state index in [1.807, 2.05) is 4.90 Å². The summed E-state index contributed by atoms with van der Waals surface area (Å²) in [6.45, 7) is 7.12. The van der Waals surface area contributed by atoms with Crippen molar-refractivity contribution in [3.8, 4) is 0 Å². The second kappa shape index (κ2) is 7.41. The van der Waals surface area contributed by atoms with Crippen LogP contribution in [0, 0.1) is 0 Å². The monoisotopic (exact) mass is 248 g/mol. The van der Waals surface area contributed by atoms with E-state index in [0.717, 1.165) is 44.2 Å². The first-order chi connectivity index (χ1) is 7.27. The molecule has 0 aromatic heterocycles. The van der Waals surface area contributed by atoms with Crippen molar-refractivity contribution < 1.29 is 4.79 Å². The number of carbonyl (C=O) groups excluding carboxylic acids is 1. The largest absolute Gasteiger partial charge is 0.331 e. The molecule has 0 N–H and O–H groups in total. The lowest BCUT2D eigenvalue weighted by Crippen LogP contribution is -2.41. The molecule has 0 unspecified atom stereocenters. The summed E-state index contributed by atoms with van der Waals surface area (Å²) in [5, 5.41) is 0.264. The number of hydrogen-bond acceptors (Lipinski definition) is 4. The second-order valence-electron chi connectivity index (χ2n) is 3.53. The minimum atomic E-state index is 0.264. The molecule has 15 heavy (non-hydrogen) atoms. The Kier molecular flexibility index (Phi) is 6.52. The quantitative estimate of drug-likeness (QED) is 0.757. The van der Waals surface area contributed by atoms with Crippen LogP contribution in [0.5, 0.6) is 0 Å². The van der Waals surface area contributed by atoms with Crippen LogP contribution in [0.4, 0.5) is 4.79 Å². The van der Waals surface area contributed by atoms with Gasteiger partial charge in [0.15, 0.2) is 0 Å². The van der Waals surface area contributed by atoms with Gasteiger partial charge in [0.1, 0.15) is 0 Å². The van der Waals surface area contributed by atoms with Crippen molar-refractivity contribution in [2.24, 2.45) is 0 Å². The van der Waals surface area contributed by atoms with Gasteiger partial charge in [0.25, 0.3) is 5.24 Å². The van der Waals surface area contributed by atoms with E-state index in [0.29, 0.717) is 0 Å². The molecule has 0 radical (unpaired) electrons. The molecule has 0 aliphatic carbocycles. The van der Waals surface area contributed by atoms with Crippen LogP contribution in [0.3, 0.4) is 0 Å². The fraction of sp³-hybridized carbons (Fsp3) is 0.900. The molecule has 5 heteroatoms. The maximum absolute atomic E-state index is 11.7. The van der Waals surface area contributed by atoms with Crippen molar-refractivity contribution in [3.63, 3.8) is 0 Å². The molecule has 0 bridgehead atoms. The molecule has 1 aliphatic rings. The molecule has 0 atom stereocenters. The summed E-state index contributed by atoms with van der Waals surface area (Å²) in [5.41, 5.74) is 0. The van der Waals surface area contributed by atoms with Gasteiger partial charge in [-0.15, -0.1) is 0 Å². The van der Waals surface area contributed by atoms with E-state index in [9.17, 15) is 4.79 Å². The van der Waals surface area contributed by atoms with Crippen LogP contribution >= 0.6 is 23.5 Å². The van der Waals surface area contributed by atoms with Crippen LogP contribution < -0.4 is 0 Å². The van der Waals surface area contributed by atoms with E-state index in [-0.39, 0.29) is 5.24 Å². The molecule has 1 amide bonds. The zero-order valence-electron chi connectivity index (χ0n) is 9.57. The van der Waals surface area contributed by atoms with E-state index in [4.69, 9.17) is 0 Å². The van der Waals surface area contributed by atoms with Gasteiger partial charge in [-0.25, -0.2) is 0 Å². The fourth-order valence-corrected chi connectivity index (χ4v) is 2.83. The predicted octanol–water partition coefficient (Wildman–Crippen LogP) is 1.84. The molecule has 0 aromatic carbocycles. The third-order valence-electron chi connectivity index (χ3n) is 2.59. The Hall–Kier alpha value is 0.130. The van der Waals surface area contributed by atoms with Crippen LogP contribution in [0.15, 0.2) is 0 Å². The van der Waals surface area contributed by atoms with Gasteiger partial charge in [-0.05, 0) is 12.8 Å². The van der Waals surface area contributed by atoms with Gasteiger partial charge in [0.2, 0.25) is 0 Å². The van der Waals surface area contributed by atoms with Crippen molar-refractivity contribution in [1.29, 1.82) is 0 Å². The number of rotatable bonds is 4. The summed E-state index contributed by atoms with van der Waals surface area (Å²) < 4.78 is 0. The number of thioether (sulfide) groups is 2. The van der Waals surface area contributed by atoms with Crippen molar-refractivity contribution in [3.05, 3.63) is 0 Å². The first kappa shape index (κ1) is 13.2. The summed E-state index contributed by atoms with van der Waals surface area (Å²) >= 11 is 3.27. The molecular formula is C10H20N2OS2. The Morgan fingerprint density at radius 1 is 1.40 bits per heavy atom. The molecule has 1 heterocycles. The average molecular weight is 248 g/mol. The normalized spacial score (nSPS) is 20.1. The minimum Gasteiger partial charge on any atom is -0.331 e. The van der Waals surface area contributed by atoms with Gasteiger partial charge >= 0.3 is 0 Å². The molecule has 1 rings (SSSR count). The summed E-state index contributed by atoms with van der Waals surface area (Å²) in [6, 6.07) is 0. The van der Waals surface area contributed by atoms with Crippen molar-refractivity contribution in [2.45, 2.75) is 6.92 Å². The lowest BCUT2D eigenvalue weighted by atomic mass is 10.4. The first-order valence-corrected chi connectivity index (χ1v) is 7.79. The topological polar surface area (TPSA) is 23.6 Å². The maximum Gasteiger partial charge on any atom is 0.281 e. The van der Waals surface area contributed by atoms with Crippen molar-refractivity contribution in [2.75, 3.05) is 50.5 Å². The number of hydrogen-bond donors (Lipinski definition) is 0. The molecule has 88 valence electrons. The molecule has 3 nitrogen and oxygen atoms in total. The number of carbonyl (C=O) groups is 1. The fourth-order valence-electron chi connectivity index (χ4n) is 1.54. The summed E-state index contributed by atoms with van der Waals surface area (Å²) in [4.78, 5) is 16.1.